The van der Waals surface area contributed by atoms with Crippen LogP contribution in [0, 0.1) is 11.6 Å². The molecule has 0 spiro atoms. The fraction of sp³-hybridized carbons (Fsp3) is 0.207. The first-order valence-electron chi connectivity index (χ1n) is 12.5. The Kier molecular flexibility index (Phi) is 8.86. The van der Waals surface area contributed by atoms with Gasteiger partial charge in [0.15, 0.2) is 0 Å². The second-order valence-corrected chi connectivity index (χ2v) is 10.5. The highest BCUT2D eigenvalue weighted by Crippen LogP contribution is 2.27. The maximum absolute atomic E-state index is 15.0. The number of carbonyl (C=O) groups excluding carboxylic acids is 2. The van der Waals surface area contributed by atoms with Gasteiger partial charge in [0.25, 0.3) is 11.8 Å². The summed E-state index contributed by atoms with van der Waals surface area (Å²) in [7, 11) is 0. The number of hydrogen-bond donors (Lipinski definition) is 3. The van der Waals surface area contributed by atoms with E-state index in [9.17, 15) is 28.3 Å². The molecule has 0 aliphatic heterocycles. The highest BCUT2D eigenvalue weighted by molar-refractivity contribution is 6.31. The zero-order chi connectivity index (χ0) is 30.6. The van der Waals surface area contributed by atoms with E-state index in [1.165, 1.54) is 48.5 Å². The van der Waals surface area contributed by atoms with Gasteiger partial charge in [-0.1, -0.05) is 22.8 Å². The van der Waals surface area contributed by atoms with Gasteiger partial charge in [0, 0.05) is 23.2 Å². The predicted octanol–water partition coefficient (Wildman–Crippen LogP) is 6.11. The predicted molar refractivity (Wildman–Crippen MR) is 149 cm³/mol. The van der Waals surface area contributed by atoms with Gasteiger partial charge in [0.05, 0.1) is 10.6 Å². The Morgan fingerprint density at radius 1 is 1.02 bits per heavy atom. The maximum Gasteiger partial charge on any atom is 0.412 e. The van der Waals surface area contributed by atoms with Gasteiger partial charge in [-0.3, -0.25) is 10.1 Å². The second-order valence-electron chi connectivity index (χ2n) is 10.1. The SMILES string of the molecule is CC(C)(C)OC(=O)Nc1ccc(C(=O)NC(Cc2ccc(-c3noc(-c4ccc(F)c(Cl)c4)n3)c(F)c2)C(=O)O)cc1. The van der Waals surface area contributed by atoms with Crippen molar-refractivity contribution in [2.75, 3.05) is 5.32 Å². The Hall–Kier alpha value is -4.84. The summed E-state index contributed by atoms with van der Waals surface area (Å²) in [6.07, 6.45) is -0.885. The standard InChI is InChI=1S/C29H25ClF2N4O6/c1-29(2,3)41-28(40)33-18-8-5-16(6-9-18)25(37)34-23(27(38)39)13-15-4-10-19(22(32)12-15)24-35-26(42-36-24)17-7-11-21(31)20(30)14-17/h4-12,14,23H,13H2,1-3H3,(H,33,40)(H,34,37)(H,38,39). The molecule has 218 valence electrons. The van der Waals surface area contributed by atoms with E-state index in [4.69, 9.17) is 20.9 Å². The fourth-order valence-electron chi connectivity index (χ4n) is 3.75. The second kappa shape index (κ2) is 12.4. The van der Waals surface area contributed by atoms with E-state index >= 15 is 0 Å². The molecule has 3 N–H and O–H groups in total. The number of ether oxygens (including phenoxy) is 1. The Morgan fingerprint density at radius 2 is 1.74 bits per heavy atom. The summed E-state index contributed by atoms with van der Waals surface area (Å²) in [5.74, 6) is -3.45. The molecule has 0 saturated heterocycles. The molecule has 3 aromatic carbocycles. The number of nitrogens with zero attached hydrogens (tertiary/aromatic N) is 2. The van der Waals surface area contributed by atoms with Crippen molar-refractivity contribution < 1.29 is 37.5 Å². The van der Waals surface area contributed by atoms with Crippen molar-refractivity contribution in [3.8, 4) is 22.8 Å². The van der Waals surface area contributed by atoms with E-state index in [1.807, 2.05) is 0 Å². The third-order valence-corrected chi connectivity index (χ3v) is 5.99. The van der Waals surface area contributed by atoms with E-state index in [0.29, 0.717) is 11.3 Å². The Balaban J connectivity index is 1.42. The Morgan fingerprint density at radius 3 is 2.36 bits per heavy atom. The largest absolute Gasteiger partial charge is 0.480 e. The van der Waals surface area contributed by atoms with Crippen LogP contribution >= 0.6 is 11.6 Å². The molecular weight excluding hydrogens is 574 g/mol. The molecule has 0 fully saturated rings. The number of carboxylic acids is 1. The number of rotatable bonds is 8. The molecule has 1 atom stereocenters. The first-order valence-corrected chi connectivity index (χ1v) is 12.9. The van der Waals surface area contributed by atoms with Crippen LogP contribution in [0.4, 0.5) is 19.3 Å². The number of anilines is 1. The minimum atomic E-state index is -1.37. The number of carboxylic acid groups (broad SMARTS) is 1. The molecule has 4 rings (SSSR count). The molecular formula is C29H25ClF2N4O6. The summed E-state index contributed by atoms with van der Waals surface area (Å²) >= 11 is 5.79. The highest BCUT2D eigenvalue weighted by atomic mass is 35.5. The third kappa shape index (κ3) is 7.67. The summed E-state index contributed by atoms with van der Waals surface area (Å²) < 4.78 is 38.8. The number of aliphatic carboxylic acids is 1. The molecule has 1 unspecified atom stereocenters. The summed E-state index contributed by atoms with van der Waals surface area (Å²) in [5, 5.41) is 18.3. The molecule has 1 aromatic heterocycles. The van der Waals surface area contributed by atoms with Crippen LogP contribution in [0.25, 0.3) is 22.8 Å². The smallest absolute Gasteiger partial charge is 0.412 e. The van der Waals surface area contributed by atoms with Gasteiger partial charge in [-0.25, -0.2) is 18.4 Å². The van der Waals surface area contributed by atoms with E-state index in [0.717, 1.165) is 12.1 Å². The van der Waals surface area contributed by atoms with Crippen LogP contribution in [-0.4, -0.2) is 44.9 Å². The van der Waals surface area contributed by atoms with Crippen LogP contribution in [0.5, 0.6) is 0 Å². The molecule has 0 aliphatic carbocycles. The molecule has 0 bridgehead atoms. The molecule has 4 aromatic rings. The monoisotopic (exact) mass is 598 g/mol. The van der Waals surface area contributed by atoms with Gasteiger partial charge in [0.1, 0.15) is 23.3 Å². The quantitative estimate of drug-likeness (QED) is 0.220. The molecule has 0 saturated carbocycles. The molecule has 0 aliphatic rings. The molecule has 1 heterocycles. The summed E-state index contributed by atoms with van der Waals surface area (Å²) in [6.45, 7) is 5.16. The highest BCUT2D eigenvalue weighted by Gasteiger charge is 2.23. The number of hydrogen-bond acceptors (Lipinski definition) is 7. The first kappa shape index (κ1) is 30.1. The maximum atomic E-state index is 15.0. The lowest BCUT2D eigenvalue weighted by atomic mass is 10.0. The molecule has 42 heavy (non-hydrogen) atoms. The van der Waals surface area contributed by atoms with Crippen LogP contribution in [0.2, 0.25) is 5.02 Å². The van der Waals surface area contributed by atoms with Crippen molar-refractivity contribution in [2.45, 2.75) is 38.8 Å². The zero-order valence-electron chi connectivity index (χ0n) is 22.6. The Labute approximate surface area is 243 Å². The van der Waals surface area contributed by atoms with Crippen molar-refractivity contribution in [3.63, 3.8) is 0 Å². The van der Waals surface area contributed by atoms with Crippen molar-refractivity contribution >= 4 is 35.3 Å². The number of benzene rings is 3. The number of halogens is 3. The van der Waals surface area contributed by atoms with E-state index in [1.54, 1.807) is 20.8 Å². The van der Waals surface area contributed by atoms with Crippen LogP contribution in [0.1, 0.15) is 36.7 Å². The normalized spacial score (nSPS) is 12.0. The topological polar surface area (TPSA) is 144 Å². The van der Waals surface area contributed by atoms with Crippen LogP contribution < -0.4 is 10.6 Å². The van der Waals surface area contributed by atoms with Crippen LogP contribution in [-0.2, 0) is 16.0 Å². The lowest BCUT2D eigenvalue weighted by Crippen LogP contribution is -2.42. The van der Waals surface area contributed by atoms with Gasteiger partial charge in [-0.2, -0.15) is 4.98 Å². The van der Waals surface area contributed by atoms with Crippen molar-refractivity contribution in [3.05, 3.63) is 88.4 Å². The number of nitrogens with one attached hydrogen (secondary N) is 2. The van der Waals surface area contributed by atoms with Gasteiger partial charge in [0.2, 0.25) is 5.82 Å². The molecule has 0 radical (unpaired) electrons. The summed E-state index contributed by atoms with van der Waals surface area (Å²) in [6, 6.07) is 12.1. The zero-order valence-corrected chi connectivity index (χ0v) is 23.3. The van der Waals surface area contributed by atoms with E-state index in [2.05, 4.69) is 20.8 Å². The minimum Gasteiger partial charge on any atom is -0.480 e. The fourth-order valence-corrected chi connectivity index (χ4v) is 3.93. The number of carbonyl (C=O) groups is 3. The average Bonchev–Trinajstić information content (AvgIpc) is 3.39. The lowest BCUT2D eigenvalue weighted by Gasteiger charge is -2.19. The molecule has 10 nitrogen and oxygen atoms in total. The van der Waals surface area contributed by atoms with Crippen LogP contribution in [0.15, 0.2) is 65.2 Å². The lowest BCUT2D eigenvalue weighted by molar-refractivity contribution is -0.139. The van der Waals surface area contributed by atoms with Crippen molar-refractivity contribution in [1.82, 2.24) is 15.5 Å². The van der Waals surface area contributed by atoms with E-state index in [-0.39, 0.29) is 39.8 Å². The summed E-state index contributed by atoms with van der Waals surface area (Å²) in [4.78, 5) is 40.6. The average molecular weight is 599 g/mol. The van der Waals surface area contributed by atoms with Gasteiger partial charge >= 0.3 is 12.1 Å². The van der Waals surface area contributed by atoms with Crippen molar-refractivity contribution in [2.24, 2.45) is 0 Å². The third-order valence-electron chi connectivity index (χ3n) is 5.70. The van der Waals surface area contributed by atoms with Gasteiger partial charge < -0.3 is 19.7 Å². The number of amides is 2. The molecule has 2 amide bonds. The van der Waals surface area contributed by atoms with Gasteiger partial charge in [-0.05, 0) is 80.9 Å². The first-order chi connectivity index (χ1) is 19.8. The van der Waals surface area contributed by atoms with E-state index < -0.39 is 41.2 Å². The van der Waals surface area contributed by atoms with Crippen molar-refractivity contribution in [1.29, 1.82) is 0 Å². The summed E-state index contributed by atoms with van der Waals surface area (Å²) in [5.41, 5.74) is 0.448. The van der Waals surface area contributed by atoms with Gasteiger partial charge in [-0.15, -0.1) is 0 Å². The molecule has 13 heteroatoms. The number of aromatic nitrogens is 2. The minimum absolute atomic E-state index is 0.00214. The van der Waals surface area contributed by atoms with Crippen LogP contribution in [0.3, 0.4) is 0 Å². The Bertz CT molecular complexity index is 1640.